The van der Waals surface area contributed by atoms with Crippen LogP contribution in [0.25, 0.3) is 89.5 Å². The number of nitrogens with zero attached hydrogens (tertiary/aromatic N) is 4. The van der Waals surface area contributed by atoms with Gasteiger partial charge in [-0.15, -0.1) is 0 Å². The van der Waals surface area contributed by atoms with Crippen LogP contribution in [0.4, 0.5) is 0 Å². The Morgan fingerprint density at radius 1 is 0.392 bits per heavy atom. The summed E-state index contributed by atoms with van der Waals surface area (Å²) in [4.78, 5) is 15.0. The second kappa shape index (κ2) is 12.7. The predicted molar refractivity (Wildman–Crippen MR) is 204 cm³/mol. The first-order valence-electron chi connectivity index (χ1n) is 16.7. The third kappa shape index (κ3) is 5.71. The molecule has 0 saturated heterocycles. The van der Waals surface area contributed by atoms with Crippen LogP contribution in [0.1, 0.15) is 5.56 Å². The predicted octanol–water partition coefficient (Wildman–Crippen LogP) is 11.6. The van der Waals surface area contributed by atoms with Crippen LogP contribution in [-0.2, 0) is 0 Å². The van der Waals surface area contributed by atoms with Gasteiger partial charge in [0.15, 0.2) is 17.5 Å². The van der Waals surface area contributed by atoms with Crippen molar-refractivity contribution in [1.82, 2.24) is 15.0 Å². The summed E-state index contributed by atoms with van der Waals surface area (Å²) in [6.45, 7) is 0. The Morgan fingerprint density at radius 2 is 0.863 bits per heavy atom. The van der Waals surface area contributed by atoms with Gasteiger partial charge in [0.25, 0.3) is 0 Å². The number of fused-ring (bicyclic) bond motifs is 3. The minimum absolute atomic E-state index is 0.559. The molecule has 0 aliphatic rings. The molecule has 0 radical (unpaired) electrons. The van der Waals surface area contributed by atoms with Crippen LogP contribution >= 0.6 is 0 Å². The molecule has 238 valence electrons. The lowest BCUT2D eigenvalue weighted by atomic mass is 9.99. The van der Waals surface area contributed by atoms with Crippen LogP contribution in [-0.4, -0.2) is 15.0 Å². The highest BCUT2D eigenvalue weighted by Crippen LogP contribution is 2.38. The number of hydrogen-bond donors (Lipinski definition) is 0. The summed E-state index contributed by atoms with van der Waals surface area (Å²) in [5.74, 6) is 1.72. The molecule has 0 atom stereocenters. The number of aromatic nitrogens is 3. The highest BCUT2D eigenvalue weighted by Gasteiger charge is 2.17. The summed E-state index contributed by atoms with van der Waals surface area (Å²) in [5, 5.41) is 11.3. The maximum Gasteiger partial charge on any atom is 0.164 e. The van der Waals surface area contributed by atoms with Crippen molar-refractivity contribution in [2.75, 3.05) is 0 Å². The van der Waals surface area contributed by atoms with Crippen LogP contribution in [0.3, 0.4) is 0 Å². The van der Waals surface area contributed by atoms with Crippen LogP contribution in [0, 0.1) is 11.3 Å². The third-order valence-electron chi connectivity index (χ3n) is 9.22. The molecule has 0 amide bonds. The van der Waals surface area contributed by atoms with Crippen molar-refractivity contribution in [3.05, 3.63) is 175 Å². The third-order valence-corrected chi connectivity index (χ3v) is 9.22. The summed E-state index contributed by atoms with van der Waals surface area (Å²) in [7, 11) is 0. The number of hydrogen-bond acceptors (Lipinski definition) is 5. The monoisotopic (exact) mass is 652 g/mol. The first kappa shape index (κ1) is 29.9. The van der Waals surface area contributed by atoms with E-state index < -0.39 is 0 Å². The largest absolute Gasteiger partial charge is 0.456 e. The van der Waals surface area contributed by atoms with Gasteiger partial charge in [-0.3, -0.25) is 0 Å². The first-order chi connectivity index (χ1) is 25.2. The molecule has 0 unspecified atom stereocenters. The van der Waals surface area contributed by atoms with Gasteiger partial charge in [-0.05, 0) is 63.7 Å². The van der Waals surface area contributed by atoms with Crippen molar-refractivity contribution in [2.45, 2.75) is 0 Å². The van der Waals surface area contributed by atoms with Crippen LogP contribution < -0.4 is 0 Å². The fourth-order valence-corrected chi connectivity index (χ4v) is 6.58. The van der Waals surface area contributed by atoms with E-state index in [9.17, 15) is 5.26 Å². The molecule has 0 bridgehead atoms. The average Bonchev–Trinajstić information content (AvgIpc) is 3.60. The second-order valence-electron chi connectivity index (χ2n) is 12.4. The van der Waals surface area contributed by atoms with E-state index >= 15 is 0 Å². The summed E-state index contributed by atoms with van der Waals surface area (Å²) in [5.41, 5.74) is 11.5. The van der Waals surface area contributed by atoms with E-state index in [1.165, 1.54) is 0 Å². The van der Waals surface area contributed by atoms with Gasteiger partial charge in [-0.2, -0.15) is 5.26 Å². The topological polar surface area (TPSA) is 75.6 Å². The molecule has 0 spiro atoms. The molecule has 0 fully saturated rings. The quantitative estimate of drug-likeness (QED) is 0.179. The van der Waals surface area contributed by atoms with Crippen molar-refractivity contribution in [2.24, 2.45) is 0 Å². The molecule has 9 aromatic rings. The van der Waals surface area contributed by atoms with E-state index in [4.69, 9.17) is 19.4 Å². The maximum atomic E-state index is 9.20. The summed E-state index contributed by atoms with van der Waals surface area (Å²) < 4.78 is 6.44. The molecule has 0 N–H and O–H groups in total. The normalized spacial score (nSPS) is 11.1. The number of benzene rings is 7. The van der Waals surface area contributed by atoms with E-state index in [0.29, 0.717) is 23.0 Å². The van der Waals surface area contributed by atoms with Crippen molar-refractivity contribution in [3.8, 4) is 73.6 Å². The Bertz CT molecular complexity index is 2710. The van der Waals surface area contributed by atoms with Crippen molar-refractivity contribution >= 4 is 21.9 Å². The minimum Gasteiger partial charge on any atom is -0.456 e. The van der Waals surface area contributed by atoms with Crippen molar-refractivity contribution < 1.29 is 4.42 Å². The Kier molecular flexibility index (Phi) is 7.46. The maximum absolute atomic E-state index is 9.20. The molecule has 2 heterocycles. The Balaban J connectivity index is 1.15. The Hall–Kier alpha value is -7.16. The molecule has 0 saturated carbocycles. The van der Waals surface area contributed by atoms with Gasteiger partial charge in [-0.1, -0.05) is 140 Å². The van der Waals surface area contributed by atoms with Gasteiger partial charge in [0, 0.05) is 27.5 Å². The smallest absolute Gasteiger partial charge is 0.164 e. The van der Waals surface area contributed by atoms with E-state index in [2.05, 4.69) is 97.1 Å². The Labute approximate surface area is 294 Å². The average molecular weight is 653 g/mol. The van der Waals surface area contributed by atoms with E-state index in [1.54, 1.807) is 0 Å². The second-order valence-corrected chi connectivity index (χ2v) is 12.4. The fourth-order valence-electron chi connectivity index (χ4n) is 6.58. The highest BCUT2D eigenvalue weighted by molar-refractivity contribution is 6.13. The van der Waals surface area contributed by atoms with Gasteiger partial charge in [0.2, 0.25) is 0 Å². The molecule has 0 aliphatic carbocycles. The number of nitriles is 1. The fraction of sp³-hybridized carbons (Fsp3) is 0. The molecule has 0 aliphatic heterocycles. The zero-order valence-corrected chi connectivity index (χ0v) is 27.4. The lowest BCUT2D eigenvalue weighted by Gasteiger charge is -2.10. The molecule has 2 aromatic heterocycles. The van der Waals surface area contributed by atoms with Crippen LogP contribution in [0.5, 0.6) is 0 Å². The summed E-state index contributed by atoms with van der Waals surface area (Å²) >= 11 is 0. The van der Waals surface area contributed by atoms with Crippen LogP contribution in [0.2, 0.25) is 0 Å². The summed E-state index contributed by atoms with van der Waals surface area (Å²) in [6, 6.07) is 59.4. The standard InChI is InChI=1S/C46H28N4O/c47-29-30-14-16-32(17-15-30)34-20-24-37(25-21-34)45-48-44(36-22-18-33(19-23-36)31-8-3-1-4-9-31)49-46(50-45)38-26-27-40-42(28-38)51-41-13-7-12-39(43(40)41)35-10-5-2-6-11-35/h1-28H. The summed E-state index contributed by atoms with van der Waals surface area (Å²) in [6.07, 6.45) is 0. The van der Waals surface area contributed by atoms with Gasteiger partial charge >= 0.3 is 0 Å². The minimum atomic E-state index is 0.559. The molecule has 7 aromatic carbocycles. The van der Waals surface area contributed by atoms with Crippen LogP contribution in [0.15, 0.2) is 174 Å². The van der Waals surface area contributed by atoms with E-state index in [-0.39, 0.29) is 0 Å². The molecule has 5 nitrogen and oxygen atoms in total. The molecular formula is C46H28N4O. The first-order valence-corrected chi connectivity index (χ1v) is 16.7. The lowest BCUT2D eigenvalue weighted by Crippen LogP contribution is -2.00. The zero-order valence-electron chi connectivity index (χ0n) is 27.4. The molecule has 5 heteroatoms. The molecule has 51 heavy (non-hydrogen) atoms. The van der Waals surface area contributed by atoms with Gasteiger partial charge < -0.3 is 4.42 Å². The van der Waals surface area contributed by atoms with E-state index in [1.807, 2.05) is 78.9 Å². The van der Waals surface area contributed by atoms with Crippen molar-refractivity contribution in [3.63, 3.8) is 0 Å². The Morgan fingerprint density at radius 3 is 1.43 bits per heavy atom. The highest BCUT2D eigenvalue weighted by atomic mass is 16.3. The van der Waals surface area contributed by atoms with Gasteiger partial charge in [-0.25, -0.2) is 15.0 Å². The van der Waals surface area contributed by atoms with E-state index in [0.717, 1.165) is 72.0 Å². The number of furan rings is 1. The zero-order chi connectivity index (χ0) is 34.1. The van der Waals surface area contributed by atoms with Crippen molar-refractivity contribution in [1.29, 1.82) is 5.26 Å². The SMILES string of the molecule is N#Cc1ccc(-c2ccc(-c3nc(-c4ccc(-c5ccccc5)cc4)nc(-c4ccc5c(c4)oc4cccc(-c6ccccc6)c45)n3)cc2)cc1. The molecular weight excluding hydrogens is 625 g/mol. The lowest BCUT2D eigenvalue weighted by molar-refractivity contribution is 0.669. The van der Waals surface area contributed by atoms with Gasteiger partial charge in [0.1, 0.15) is 11.2 Å². The molecule has 9 rings (SSSR count). The van der Waals surface area contributed by atoms with Gasteiger partial charge in [0.05, 0.1) is 11.6 Å². The number of rotatable bonds is 6.